The molecule has 1 aromatic carbocycles. The fraction of sp³-hybridized carbons (Fsp3) is 0.571. The third kappa shape index (κ3) is 2.26. The summed E-state index contributed by atoms with van der Waals surface area (Å²) in [5.41, 5.74) is 1.30. The summed E-state index contributed by atoms with van der Waals surface area (Å²) >= 11 is 0. The van der Waals surface area contributed by atoms with E-state index in [0.717, 1.165) is 0 Å². The van der Waals surface area contributed by atoms with Crippen LogP contribution in [0.1, 0.15) is 0 Å². The Kier molecular flexibility index (Phi) is 4.83. The molecule has 22 heavy (non-hydrogen) atoms. The van der Waals surface area contributed by atoms with Crippen molar-refractivity contribution in [2.45, 2.75) is 0 Å². The Morgan fingerprint density at radius 3 is 1.36 bits per heavy atom. The third-order valence-electron chi connectivity index (χ3n) is 4.47. The Labute approximate surface area is 137 Å². The van der Waals surface area contributed by atoms with E-state index in [9.17, 15) is 0 Å². The van der Waals surface area contributed by atoms with E-state index in [1.54, 1.807) is 0 Å². The average molecular weight is 339 g/mol. The molecule has 0 atom stereocenters. The summed E-state index contributed by atoms with van der Waals surface area (Å²) in [6.45, 7) is 0. The first-order valence-corrected chi connectivity index (χ1v) is 11.2. The van der Waals surface area contributed by atoms with E-state index < -0.39 is 17.4 Å². The summed E-state index contributed by atoms with van der Waals surface area (Å²) in [6.07, 6.45) is 0. The van der Waals surface area contributed by atoms with Crippen molar-refractivity contribution in [2.24, 2.45) is 0 Å². The summed E-state index contributed by atoms with van der Waals surface area (Å²) in [4.78, 5) is 0. The molecule has 8 heteroatoms. The fourth-order valence-corrected chi connectivity index (χ4v) is 17.7. The summed E-state index contributed by atoms with van der Waals surface area (Å²) in [6, 6.07) is 10.8. The highest BCUT2D eigenvalue weighted by Gasteiger charge is 2.72. The number of rotatable bonds is 5. The van der Waals surface area contributed by atoms with E-state index in [0.29, 0.717) is 0 Å². The molecule has 0 amide bonds. The Balaban J connectivity index is 2.62. The van der Waals surface area contributed by atoms with Crippen molar-refractivity contribution in [1.29, 1.82) is 0 Å². The van der Waals surface area contributed by atoms with Gasteiger partial charge in [0, 0.05) is 5.69 Å². The fourth-order valence-electron chi connectivity index (χ4n) is 3.49. The van der Waals surface area contributed by atoms with Crippen molar-refractivity contribution in [3.8, 4) is 0 Å². The van der Waals surface area contributed by atoms with Crippen molar-refractivity contribution in [3.63, 3.8) is 0 Å². The number of hydrogen-bond acceptors (Lipinski definition) is 6. The zero-order chi connectivity index (χ0) is 16.7. The summed E-state index contributed by atoms with van der Waals surface area (Å²) in [5.74, 6) is 0. The number of hydrogen-bond donors (Lipinski definition) is 1. The zero-order valence-electron chi connectivity index (χ0n) is 15.1. The van der Waals surface area contributed by atoms with Crippen LogP contribution in [0, 0.1) is 0 Å². The summed E-state index contributed by atoms with van der Waals surface area (Å²) < 4.78 is 16.2. The predicted octanol–water partition coefficient (Wildman–Crippen LogP) is 0.214. The minimum Gasteiger partial charge on any atom is -0.351 e. The number of benzene rings is 1. The molecule has 1 saturated heterocycles. The molecule has 1 heterocycles. The van der Waals surface area contributed by atoms with Crippen LogP contribution < -0.4 is 8.88 Å². The Morgan fingerprint density at radius 1 is 0.682 bits per heavy atom. The van der Waals surface area contributed by atoms with Crippen LogP contribution in [-0.2, 0) is 0 Å². The first-order chi connectivity index (χ1) is 10.2. The van der Waals surface area contributed by atoms with E-state index in [1.165, 1.54) is 5.69 Å². The molecular weight excluding hydrogens is 308 g/mol. The van der Waals surface area contributed by atoms with Crippen LogP contribution in [-0.4, -0.2) is 92.1 Å². The minimum atomic E-state index is -2.10. The van der Waals surface area contributed by atoms with Gasteiger partial charge in [0.05, 0.1) is 0 Å². The van der Waals surface area contributed by atoms with Gasteiger partial charge in [-0.25, -0.2) is 0 Å². The number of nitrogens with zero attached hydrogens (tertiary/aromatic N) is 5. The molecule has 0 aliphatic carbocycles. The second-order valence-electron chi connectivity index (χ2n) is 6.64. The molecule has 1 fully saturated rings. The van der Waals surface area contributed by atoms with Crippen molar-refractivity contribution >= 4 is 23.1 Å². The molecule has 2 rings (SSSR count). The van der Waals surface area contributed by atoms with Gasteiger partial charge in [-0.2, -0.15) is 0 Å². The predicted molar refractivity (Wildman–Crippen MR) is 98.3 cm³/mol. The van der Waals surface area contributed by atoms with E-state index in [-0.39, 0.29) is 0 Å². The summed E-state index contributed by atoms with van der Waals surface area (Å²) in [7, 11) is 13.2. The van der Waals surface area contributed by atoms with Crippen LogP contribution in [0.25, 0.3) is 0 Å². The lowest BCUT2D eigenvalue weighted by atomic mass is 10.3. The smallest absolute Gasteiger partial charge is 0.351 e. The molecule has 0 bridgehead atoms. The van der Waals surface area contributed by atoms with Crippen LogP contribution in [0.3, 0.4) is 0 Å². The van der Waals surface area contributed by atoms with Gasteiger partial charge in [-0.15, -0.1) is 0 Å². The first-order valence-electron chi connectivity index (χ1n) is 7.55. The Morgan fingerprint density at radius 2 is 1.05 bits per heavy atom. The lowest BCUT2D eigenvalue weighted by Crippen LogP contribution is -3.07. The lowest BCUT2D eigenvalue weighted by Gasteiger charge is -2.70. The van der Waals surface area contributed by atoms with Crippen molar-refractivity contribution in [1.82, 2.24) is 22.9 Å². The van der Waals surface area contributed by atoms with Crippen LogP contribution in [0.15, 0.2) is 30.3 Å². The quantitative estimate of drug-likeness (QED) is 0.772. The zero-order valence-corrected chi connectivity index (χ0v) is 17.1. The van der Waals surface area contributed by atoms with Gasteiger partial charge in [0.2, 0.25) is 0 Å². The topological polar surface area (TPSA) is 28.2 Å². The van der Waals surface area contributed by atoms with E-state index in [4.69, 9.17) is 0 Å². The standard InChI is InChI=1S/C14H30N6Si2/c1-16(2)21(17(3)4)15-22(18(5)6,19(7)8)20(21)14-12-10-9-11-13-14/h9-13,15H,1-8H3. The molecule has 1 N–H and O–H groups in total. The molecule has 6 nitrogen and oxygen atoms in total. The number of anilines is 1. The van der Waals surface area contributed by atoms with Crippen molar-refractivity contribution in [2.75, 3.05) is 60.6 Å². The van der Waals surface area contributed by atoms with E-state index in [1.807, 2.05) is 0 Å². The highest BCUT2D eigenvalue weighted by molar-refractivity contribution is 7.10. The van der Waals surface area contributed by atoms with Gasteiger partial charge in [0.15, 0.2) is 0 Å². The summed E-state index contributed by atoms with van der Waals surface area (Å²) in [5, 5.41) is 0. The van der Waals surface area contributed by atoms with E-state index >= 15 is 0 Å². The normalized spacial score (nSPS) is 20.1. The average Bonchev–Trinajstić information content (AvgIpc) is 2.37. The van der Waals surface area contributed by atoms with Gasteiger partial charge in [-0.05, 0) is 68.5 Å². The molecular formula is C14H30N6Si2. The molecule has 0 aromatic heterocycles. The van der Waals surface area contributed by atoms with Gasteiger partial charge in [0.1, 0.15) is 0 Å². The van der Waals surface area contributed by atoms with Crippen LogP contribution >= 0.6 is 0 Å². The molecule has 0 saturated carbocycles. The highest BCUT2D eigenvalue weighted by atomic mass is 28.5. The lowest BCUT2D eigenvalue weighted by molar-refractivity contribution is 0.389. The molecule has 1 aliphatic heterocycles. The number of nitrogens with one attached hydrogen (secondary N) is 1. The molecule has 1 aromatic rings. The maximum Gasteiger partial charge on any atom is 0.395 e. The largest absolute Gasteiger partial charge is 0.395 e. The molecule has 0 unspecified atom stereocenters. The van der Waals surface area contributed by atoms with Gasteiger partial charge in [-0.3, -0.25) is 22.9 Å². The maximum absolute atomic E-state index is 4.06. The van der Waals surface area contributed by atoms with Gasteiger partial charge in [-0.1, -0.05) is 18.2 Å². The second-order valence-corrected chi connectivity index (χ2v) is 15.1. The van der Waals surface area contributed by atoms with Crippen LogP contribution in [0.2, 0.25) is 0 Å². The van der Waals surface area contributed by atoms with Crippen molar-refractivity contribution < 1.29 is 0 Å². The van der Waals surface area contributed by atoms with Gasteiger partial charge >= 0.3 is 17.4 Å². The molecule has 0 radical (unpaired) electrons. The van der Waals surface area contributed by atoms with Crippen molar-refractivity contribution in [3.05, 3.63) is 30.3 Å². The maximum atomic E-state index is 4.06. The van der Waals surface area contributed by atoms with E-state index in [2.05, 4.69) is 114 Å². The molecule has 124 valence electrons. The minimum absolute atomic E-state index is 1.30. The Bertz CT molecular complexity index is 463. The Hall–Kier alpha value is -0.746. The SMILES string of the molecule is CN(C)[Si]1(N(C)C)N[Si](N(C)C)(N(C)C)N1c1ccccc1. The van der Waals surface area contributed by atoms with Crippen LogP contribution in [0.4, 0.5) is 5.69 Å². The van der Waals surface area contributed by atoms with Gasteiger partial charge in [0.25, 0.3) is 0 Å². The third-order valence-corrected chi connectivity index (χ3v) is 15.8. The second kappa shape index (κ2) is 6.04. The van der Waals surface area contributed by atoms with Crippen LogP contribution in [0.5, 0.6) is 0 Å². The first kappa shape index (κ1) is 17.6. The number of para-hydroxylation sites is 1. The molecule has 0 spiro atoms. The van der Waals surface area contributed by atoms with Gasteiger partial charge < -0.3 is 4.23 Å². The highest BCUT2D eigenvalue weighted by Crippen LogP contribution is 2.37. The monoisotopic (exact) mass is 338 g/mol. The molecule has 1 aliphatic rings.